The Balaban J connectivity index is 1.50. The molecule has 1 aliphatic carbocycles. The molecule has 0 atom stereocenters. The second-order valence-electron chi connectivity index (χ2n) is 6.05. The van der Waals surface area contributed by atoms with Crippen LogP contribution in [0.2, 0.25) is 0 Å². The van der Waals surface area contributed by atoms with Crippen LogP contribution in [-0.4, -0.2) is 66.5 Å². The van der Waals surface area contributed by atoms with Crippen LogP contribution in [-0.2, 0) is 4.79 Å². The molecule has 0 radical (unpaired) electrons. The lowest BCUT2D eigenvalue weighted by atomic mass is 9.88. The van der Waals surface area contributed by atoms with Gasteiger partial charge in [-0.25, -0.2) is 4.79 Å². The molecule has 2 aliphatic heterocycles. The van der Waals surface area contributed by atoms with Gasteiger partial charge >= 0.3 is 6.03 Å². The Morgan fingerprint density at radius 2 is 1.55 bits per heavy atom. The second kappa shape index (κ2) is 6.10. The number of carbonyl (C=O) groups is 2. The Labute approximate surface area is 119 Å². The molecule has 6 nitrogen and oxygen atoms in total. The lowest BCUT2D eigenvalue weighted by molar-refractivity contribution is -0.121. The minimum Gasteiger partial charge on any atom is -0.321 e. The lowest BCUT2D eigenvalue weighted by Crippen LogP contribution is -2.56. The molecule has 0 bridgehead atoms. The SMILES string of the molecule is O=C1CCN(C2CCC(N3CCNCC3)CC2)C(=O)N1. The van der Waals surface area contributed by atoms with Gasteiger partial charge < -0.3 is 10.2 Å². The fourth-order valence-corrected chi connectivity index (χ4v) is 3.71. The maximum absolute atomic E-state index is 11.9. The van der Waals surface area contributed by atoms with Crippen molar-refractivity contribution in [3.63, 3.8) is 0 Å². The van der Waals surface area contributed by atoms with Crippen molar-refractivity contribution in [3.8, 4) is 0 Å². The molecule has 0 aromatic rings. The number of carbonyl (C=O) groups excluding carboxylic acids is 2. The normalized spacial score (nSPS) is 33.1. The fraction of sp³-hybridized carbons (Fsp3) is 0.857. The lowest BCUT2D eigenvalue weighted by Gasteiger charge is -2.42. The molecule has 3 amide bonds. The van der Waals surface area contributed by atoms with Crippen LogP contribution in [0, 0.1) is 0 Å². The van der Waals surface area contributed by atoms with Gasteiger partial charge in [-0.1, -0.05) is 0 Å². The third-order valence-corrected chi connectivity index (χ3v) is 4.86. The van der Waals surface area contributed by atoms with E-state index < -0.39 is 0 Å². The number of nitrogens with zero attached hydrogens (tertiary/aromatic N) is 2. The molecule has 3 aliphatic rings. The van der Waals surface area contributed by atoms with Crippen molar-refractivity contribution in [2.75, 3.05) is 32.7 Å². The van der Waals surface area contributed by atoms with E-state index in [-0.39, 0.29) is 11.9 Å². The summed E-state index contributed by atoms with van der Waals surface area (Å²) < 4.78 is 0. The zero-order valence-electron chi connectivity index (χ0n) is 11.9. The van der Waals surface area contributed by atoms with E-state index >= 15 is 0 Å². The number of imide groups is 1. The first-order valence-electron chi connectivity index (χ1n) is 7.79. The van der Waals surface area contributed by atoms with Crippen molar-refractivity contribution >= 4 is 11.9 Å². The van der Waals surface area contributed by atoms with Gasteiger partial charge in [-0.05, 0) is 25.7 Å². The Morgan fingerprint density at radius 3 is 2.20 bits per heavy atom. The van der Waals surface area contributed by atoms with Gasteiger partial charge in [0.25, 0.3) is 0 Å². The first-order chi connectivity index (χ1) is 9.74. The van der Waals surface area contributed by atoms with E-state index in [2.05, 4.69) is 15.5 Å². The van der Waals surface area contributed by atoms with E-state index in [4.69, 9.17) is 0 Å². The average Bonchev–Trinajstić information content (AvgIpc) is 2.48. The predicted octanol–water partition coefficient (Wildman–Crippen LogP) is 0.145. The maximum Gasteiger partial charge on any atom is 0.324 e. The van der Waals surface area contributed by atoms with Gasteiger partial charge in [-0.2, -0.15) is 0 Å². The first kappa shape index (κ1) is 13.8. The molecule has 0 aromatic heterocycles. The van der Waals surface area contributed by atoms with Crippen LogP contribution in [0.1, 0.15) is 32.1 Å². The van der Waals surface area contributed by atoms with Crippen LogP contribution in [0.15, 0.2) is 0 Å². The van der Waals surface area contributed by atoms with Crippen molar-refractivity contribution in [2.45, 2.75) is 44.2 Å². The number of nitrogens with one attached hydrogen (secondary N) is 2. The molecule has 2 heterocycles. The van der Waals surface area contributed by atoms with Crippen molar-refractivity contribution < 1.29 is 9.59 Å². The fourth-order valence-electron chi connectivity index (χ4n) is 3.71. The molecule has 0 spiro atoms. The van der Waals surface area contributed by atoms with E-state index in [1.54, 1.807) is 0 Å². The molecule has 3 fully saturated rings. The molecule has 6 heteroatoms. The van der Waals surface area contributed by atoms with Crippen LogP contribution >= 0.6 is 0 Å². The number of urea groups is 1. The Bertz CT molecular complexity index is 373. The third-order valence-electron chi connectivity index (χ3n) is 4.86. The molecule has 2 saturated heterocycles. The van der Waals surface area contributed by atoms with Gasteiger partial charge in [0.2, 0.25) is 5.91 Å². The highest BCUT2D eigenvalue weighted by Gasteiger charge is 2.33. The zero-order chi connectivity index (χ0) is 13.9. The molecule has 20 heavy (non-hydrogen) atoms. The molecule has 1 saturated carbocycles. The van der Waals surface area contributed by atoms with E-state index in [9.17, 15) is 9.59 Å². The van der Waals surface area contributed by atoms with Gasteiger partial charge in [0.05, 0.1) is 0 Å². The quantitative estimate of drug-likeness (QED) is 0.755. The summed E-state index contributed by atoms with van der Waals surface area (Å²) in [6.07, 6.45) is 4.92. The summed E-state index contributed by atoms with van der Waals surface area (Å²) in [5, 5.41) is 5.82. The van der Waals surface area contributed by atoms with Crippen LogP contribution in [0.3, 0.4) is 0 Å². The van der Waals surface area contributed by atoms with E-state index in [1.807, 2.05) is 4.90 Å². The van der Waals surface area contributed by atoms with Crippen molar-refractivity contribution in [3.05, 3.63) is 0 Å². The third kappa shape index (κ3) is 2.96. The number of amides is 3. The van der Waals surface area contributed by atoms with E-state index in [1.165, 1.54) is 12.8 Å². The second-order valence-corrected chi connectivity index (χ2v) is 6.05. The maximum atomic E-state index is 11.9. The molecule has 0 unspecified atom stereocenters. The number of rotatable bonds is 2. The van der Waals surface area contributed by atoms with Gasteiger partial charge in [0.1, 0.15) is 0 Å². The Hall–Kier alpha value is -1.14. The summed E-state index contributed by atoms with van der Waals surface area (Å²) >= 11 is 0. The van der Waals surface area contributed by atoms with Crippen molar-refractivity contribution in [2.24, 2.45) is 0 Å². The highest BCUT2D eigenvalue weighted by Crippen LogP contribution is 2.27. The van der Waals surface area contributed by atoms with Gasteiger partial charge in [-0.3, -0.25) is 15.0 Å². The zero-order valence-corrected chi connectivity index (χ0v) is 11.9. The first-order valence-corrected chi connectivity index (χ1v) is 7.79. The molecular weight excluding hydrogens is 256 g/mol. The van der Waals surface area contributed by atoms with Crippen LogP contribution in [0.4, 0.5) is 4.79 Å². The highest BCUT2D eigenvalue weighted by atomic mass is 16.2. The molecule has 2 N–H and O–H groups in total. The summed E-state index contributed by atoms with van der Waals surface area (Å²) in [6.45, 7) is 5.07. The molecule has 3 rings (SSSR count). The minimum atomic E-state index is -0.188. The Kier molecular flexibility index (Phi) is 4.21. The van der Waals surface area contributed by atoms with Crippen LogP contribution in [0.25, 0.3) is 0 Å². The summed E-state index contributed by atoms with van der Waals surface area (Å²) in [6, 6.07) is 0.817. The minimum absolute atomic E-state index is 0.138. The van der Waals surface area contributed by atoms with Crippen molar-refractivity contribution in [1.82, 2.24) is 20.4 Å². The standard InChI is InChI=1S/C14H24N4O2/c19-13-5-8-18(14(20)16-13)12-3-1-11(2-4-12)17-9-6-15-7-10-17/h11-12,15H,1-10H2,(H,16,19,20). The number of piperazine rings is 1. The Morgan fingerprint density at radius 1 is 0.900 bits per heavy atom. The largest absolute Gasteiger partial charge is 0.324 e. The summed E-state index contributed by atoms with van der Waals surface area (Å²) in [5.74, 6) is -0.138. The van der Waals surface area contributed by atoms with Gasteiger partial charge in [0, 0.05) is 51.2 Å². The number of hydrogen-bond acceptors (Lipinski definition) is 4. The highest BCUT2D eigenvalue weighted by molar-refractivity contribution is 5.96. The van der Waals surface area contributed by atoms with Crippen LogP contribution in [0.5, 0.6) is 0 Å². The summed E-state index contributed by atoms with van der Waals surface area (Å²) in [7, 11) is 0. The summed E-state index contributed by atoms with van der Waals surface area (Å²) in [5.41, 5.74) is 0. The predicted molar refractivity (Wildman–Crippen MR) is 75.3 cm³/mol. The topological polar surface area (TPSA) is 64.7 Å². The molecular formula is C14H24N4O2. The van der Waals surface area contributed by atoms with Crippen LogP contribution < -0.4 is 10.6 Å². The smallest absolute Gasteiger partial charge is 0.321 e. The van der Waals surface area contributed by atoms with Gasteiger partial charge in [-0.15, -0.1) is 0 Å². The van der Waals surface area contributed by atoms with E-state index in [0.29, 0.717) is 25.0 Å². The van der Waals surface area contributed by atoms with Gasteiger partial charge in [0.15, 0.2) is 0 Å². The average molecular weight is 280 g/mol. The molecule has 112 valence electrons. The van der Waals surface area contributed by atoms with Crippen molar-refractivity contribution in [1.29, 1.82) is 0 Å². The summed E-state index contributed by atoms with van der Waals surface area (Å²) in [4.78, 5) is 27.5. The van der Waals surface area contributed by atoms with E-state index in [0.717, 1.165) is 39.0 Å². The molecule has 0 aromatic carbocycles. The number of hydrogen-bond donors (Lipinski definition) is 2. The monoisotopic (exact) mass is 280 g/mol.